The fourth-order valence-electron chi connectivity index (χ4n) is 3.70. The Labute approximate surface area is 195 Å². The van der Waals surface area contributed by atoms with Crippen molar-refractivity contribution in [2.45, 2.75) is 6.92 Å². The average Bonchev–Trinajstić information content (AvgIpc) is 3.26. The lowest BCUT2D eigenvalue weighted by Crippen LogP contribution is -2.08. The van der Waals surface area contributed by atoms with Crippen molar-refractivity contribution < 1.29 is 9.84 Å². The van der Waals surface area contributed by atoms with E-state index in [1.54, 1.807) is 6.07 Å². The summed E-state index contributed by atoms with van der Waals surface area (Å²) in [5.41, 5.74) is 7.01. The van der Waals surface area contributed by atoms with E-state index < -0.39 is 0 Å². The van der Waals surface area contributed by atoms with Gasteiger partial charge in [-0.25, -0.2) is 4.98 Å². The maximum absolute atomic E-state index is 10.1. The number of hydrogen-bond acceptors (Lipinski definition) is 5. The summed E-state index contributed by atoms with van der Waals surface area (Å²) in [6.07, 6.45) is 0. The first-order valence-electron chi connectivity index (χ1n) is 11.0. The Hall–Kier alpha value is -3.93. The molecule has 1 aromatic heterocycles. The van der Waals surface area contributed by atoms with Gasteiger partial charge in [-0.15, -0.1) is 0 Å². The molecule has 0 bridgehead atoms. The zero-order chi connectivity index (χ0) is 23.5. The Kier molecular flexibility index (Phi) is 6.27. The molecule has 170 valence electrons. The minimum Gasteiger partial charge on any atom is -0.504 e. The largest absolute Gasteiger partial charge is 0.504 e. The third-order valence-corrected chi connectivity index (χ3v) is 5.57. The maximum Gasteiger partial charge on any atom is 0.161 e. The van der Waals surface area contributed by atoms with Crippen molar-refractivity contribution in [1.29, 1.82) is 0 Å². The fraction of sp³-hybridized carbons (Fsp3) is 0.222. The molecule has 4 rings (SSSR count). The van der Waals surface area contributed by atoms with Crippen LogP contribution in [0.25, 0.3) is 33.9 Å². The van der Waals surface area contributed by atoms with E-state index in [1.165, 1.54) is 0 Å². The van der Waals surface area contributed by atoms with Crippen LogP contribution in [-0.2, 0) is 0 Å². The summed E-state index contributed by atoms with van der Waals surface area (Å²) in [6, 6.07) is 22.1. The average molecular weight is 443 g/mol. The monoisotopic (exact) mass is 442 g/mol. The SMILES string of the molecule is CCOc1cc(-c2nc(-c3ccc(N(C)C)cc3)c(-c3ccc(N(C)C)cc3)[nH]2)ccc1O. The molecule has 6 nitrogen and oxygen atoms in total. The van der Waals surface area contributed by atoms with Crippen LogP contribution in [0.3, 0.4) is 0 Å². The molecule has 0 spiro atoms. The molecule has 0 fully saturated rings. The minimum atomic E-state index is 0.117. The van der Waals surface area contributed by atoms with E-state index in [0.29, 0.717) is 18.2 Å². The lowest BCUT2D eigenvalue weighted by atomic mass is 10.0. The number of aromatic amines is 1. The van der Waals surface area contributed by atoms with Crippen molar-refractivity contribution in [3.63, 3.8) is 0 Å². The quantitative estimate of drug-likeness (QED) is 0.387. The topological polar surface area (TPSA) is 64.6 Å². The van der Waals surface area contributed by atoms with Crippen LogP contribution in [0.5, 0.6) is 11.5 Å². The molecule has 0 saturated carbocycles. The predicted molar refractivity (Wildman–Crippen MR) is 136 cm³/mol. The molecular formula is C27H30N4O2. The number of benzene rings is 3. The zero-order valence-electron chi connectivity index (χ0n) is 19.8. The number of imidazole rings is 1. The Morgan fingerprint density at radius 2 is 1.33 bits per heavy atom. The van der Waals surface area contributed by atoms with Gasteiger partial charge in [-0.3, -0.25) is 0 Å². The van der Waals surface area contributed by atoms with E-state index in [0.717, 1.165) is 39.5 Å². The Morgan fingerprint density at radius 1 is 0.788 bits per heavy atom. The van der Waals surface area contributed by atoms with Crippen molar-refractivity contribution in [2.75, 3.05) is 44.6 Å². The lowest BCUT2D eigenvalue weighted by Gasteiger charge is -2.13. The summed E-state index contributed by atoms with van der Waals surface area (Å²) in [7, 11) is 8.12. The number of hydrogen-bond donors (Lipinski definition) is 2. The van der Waals surface area contributed by atoms with Crippen LogP contribution >= 0.6 is 0 Å². The normalized spacial score (nSPS) is 10.8. The molecule has 0 aliphatic rings. The van der Waals surface area contributed by atoms with Crippen LogP contribution in [0, 0.1) is 0 Å². The second kappa shape index (κ2) is 9.28. The highest BCUT2D eigenvalue weighted by molar-refractivity contribution is 5.82. The van der Waals surface area contributed by atoms with Gasteiger partial charge in [-0.2, -0.15) is 0 Å². The zero-order valence-corrected chi connectivity index (χ0v) is 19.8. The molecule has 2 N–H and O–H groups in total. The van der Waals surface area contributed by atoms with E-state index >= 15 is 0 Å². The highest BCUT2D eigenvalue weighted by Gasteiger charge is 2.17. The predicted octanol–water partition coefficient (Wildman–Crippen LogP) is 5.65. The Balaban J connectivity index is 1.83. The molecule has 0 unspecified atom stereocenters. The summed E-state index contributed by atoms with van der Waals surface area (Å²) < 4.78 is 5.58. The van der Waals surface area contributed by atoms with Crippen LogP contribution in [-0.4, -0.2) is 49.9 Å². The Bertz CT molecular complexity index is 1160. The Morgan fingerprint density at radius 3 is 1.88 bits per heavy atom. The van der Waals surface area contributed by atoms with Crippen molar-refractivity contribution in [2.24, 2.45) is 0 Å². The first-order valence-corrected chi connectivity index (χ1v) is 11.0. The fourth-order valence-corrected chi connectivity index (χ4v) is 3.70. The van der Waals surface area contributed by atoms with Crippen molar-refractivity contribution >= 4 is 11.4 Å². The molecule has 0 radical (unpaired) electrons. The lowest BCUT2D eigenvalue weighted by molar-refractivity contribution is 0.318. The molecule has 1 heterocycles. The number of phenols is 1. The van der Waals surface area contributed by atoms with Crippen LogP contribution in [0.4, 0.5) is 11.4 Å². The molecule has 0 amide bonds. The number of ether oxygens (including phenoxy) is 1. The molecule has 4 aromatic rings. The highest BCUT2D eigenvalue weighted by Crippen LogP contribution is 2.36. The van der Waals surface area contributed by atoms with E-state index in [9.17, 15) is 5.11 Å². The van der Waals surface area contributed by atoms with Gasteiger partial charge >= 0.3 is 0 Å². The summed E-state index contributed by atoms with van der Waals surface area (Å²) in [5.74, 6) is 1.28. The molecular weight excluding hydrogens is 412 g/mol. The van der Waals surface area contributed by atoms with Gasteiger partial charge in [0.1, 0.15) is 5.82 Å². The van der Waals surface area contributed by atoms with Gasteiger partial charge in [-0.05, 0) is 49.4 Å². The number of rotatable bonds is 7. The van der Waals surface area contributed by atoms with Gasteiger partial charge in [0.25, 0.3) is 0 Å². The first-order chi connectivity index (χ1) is 15.9. The number of H-pyrrole nitrogens is 1. The highest BCUT2D eigenvalue weighted by atomic mass is 16.5. The van der Waals surface area contributed by atoms with Gasteiger partial charge in [0.2, 0.25) is 0 Å². The molecule has 0 saturated heterocycles. The number of aromatic nitrogens is 2. The summed E-state index contributed by atoms with van der Waals surface area (Å²) >= 11 is 0. The van der Waals surface area contributed by atoms with Gasteiger partial charge in [0.05, 0.1) is 18.0 Å². The molecule has 33 heavy (non-hydrogen) atoms. The standard InChI is InChI=1S/C27H30N4O2/c1-6-33-24-17-20(11-16-23(24)32)27-28-25(18-7-12-21(13-8-18)30(2)3)26(29-27)19-9-14-22(15-10-19)31(4)5/h7-17,32H,6H2,1-5H3,(H,28,29). The third-order valence-electron chi connectivity index (χ3n) is 5.57. The van der Waals surface area contributed by atoms with E-state index in [1.807, 2.05) is 47.2 Å². The van der Waals surface area contributed by atoms with Crippen LogP contribution < -0.4 is 14.5 Å². The molecule has 3 aromatic carbocycles. The summed E-state index contributed by atoms with van der Waals surface area (Å²) in [6.45, 7) is 2.37. The number of phenolic OH excluding ortho intramolecular Hbond substituents is 1. The molecule has 0 aliphatic heterocycles. The summed E-state index contributed by atoms with van der Waals surface area (Å²) in [5, 5.41) is 10.1. The van der Waals surface area contributed by atoms with Gasteiger partial charge < -0.3 is 24.6 Å². The smallest absolute Gasteiger partial charge is 0.161 e. The third kappa shape index (κ3) is 4.65. The second-order valence-corrected chi connectivity index (χ2v) is 8.31. The minimum absolute atomic E-state index is 0.117. The summed E-state index contributed by atoms with van der Waals surface area (Å²) in [4.78, 5) is 12.6. The van der Waals surface area contributed by atoms with Crippen LogP contribution in [0.2, 0.25) is 0 Å². The number of anilines is 2. The number of nitrogens with one attached hydrogen (secondary N) is 1. The maximum atomic E-state index is 10.1. The van der Waals surface area contributed by atoms with E-state index in [2.05, 4.69) is 63.3 Å². The van der Waals surface area contributed by atoms with Gasteiger partial charge in [0, 0.05) is 56.3 Å². The van der Waals surface area contributed by atoms with Crippen LogP contribution in [0.1, 0.15) is 6.92 Å². The van der Waals surface area contributed by atoms with Crippen LogP contribution in [0.15, 0.2) is 66.7 Å². The molecule has 0 atom stereocenters. The first kappa shape index (κ1) is 22.3. The number of nitrogens with zero attached hydrogens (tertiary/aromatic N) is 3. The van der Waals surface area contributed by atoms with Gasteiger partial charge in [-0.1, -0.05) is 24.3 Å². The van der Waals surface area contributed by atoms with E-state index in [4.69, 9.17) is 9.72 Å². The second-order valence-electron chi connectivity index (χ2n) is 8.31. The van der Waals surface area contributed by atoms with Crippen molar-refractivity contribution in [3.8, 4) is 45.4 Å². The number of aromatic hydroxyl groups is 1. The molecule has 0 aliphatic carbocycles. The van der Waals surface area contributed by atoms with Gasteiger partial charge in [0.15, 0.2) is 11.5 Å². The van der Waals surface area contributed by atoms with E-state index in [-0.39, 0.29) is 5.75 Å². The molecule has 6 heteroatoms. The van der Waals surface area contributed by atoms with Crippen molar-refractivity contribution in [3.05, 3.63) is 66.7 Å². The van der Waals surface area contributed by atoms with Crippen molar-refractivity contribution in [1.82, 2.24) is 9.97 Å².